The van der Waals surface area contributed by atoms with Crippen molar-refractivity contribution >= 4 is 33.1 Å². The lowest BCUT2D eigenvalue weighted by atomic mass is 9.95. The predicted molar refractivity (Wildman–Crippen MR) is 113 cm³/mol. The summed E-state index contributed by atoms with van der Waals surface area (Å²) in [5, 5.41) is 0. The second-order valence-corrected chi connectivity index (χ2v) is 7.29. The zero-order valence-corrected chi connectivity index (χ0v) is 16.6. The molecule has 134 valence electrons. The van der Waals surface area contributed by atoms with Gasteiger partial charge in [-0.1, -0.05) is 88.2 Å². The molecule has 0 amide bonds. The number of hydrogen-bond acceptors (Lipinski definition) is 2. The van der Waals surface area contributed by atoms with E-state index in [0.29, 0.717) is 16.7 Å². The zero-order chi connectivity index (χ0) is 19.2. The van der Waals surface area contributed by atoms with Crippen LogP contribution in [0.2, 0.25) is 0 Å². The first kappa shape index (κ1) is 19.0. The first-order valence-corrected chi connectivity index (χ1v) is 9.48. The molecule has 0 aromatic heterocycles. The Balaban J connectivity index is 1.91. The third-order valence-electron chi connectivity index (χ3n) is 4.30. The molecule has 0 aliphatic heterocycles. The highest BCUT2D eigenvalue weighted by Gasteiger charge is 2.13. The van der Waals surface area contributed by atoms with Gasteiger partial charge in [0.2, 0.25) is 0 Å². The smallest absolute Gasteiger partial charge is 0.186 e. The van der Waals surface area contributed by atoms with Gasteiger partial charge in [-0.05, 0) is 36.3 Å². The minimum atomic E-state index is -0.0996. The standard InChI is InChI=1S/C24H19BrO2/c1-17-7-9-19(10-8-17)23(26)15-21(18-5-3-2-4-6-18)16-24(27)20-11-13-22(25)14-12-20/h2-15H,16H2,1H3. The van der Waals surface area contributed by atoms with Crippen LogP contribution in [0.4, 0.5) is 0 Å². The molecular formula is C24H19BrO2. The Morgan fingerprint density at radius 1 is 0.778 bits per heavy atom. The lowest BCUT2D eigenvalue weighted by molar-refractivity contribution is 0.0998. The van der Waals surface area contributed by atoms with E-state index in [4.69, 9.17) is 0 Å². The van der Waals surface area contributed by atoms with E-state index in [1.807, 2.05) is 73.7 Å². The summed E-state index contributed by atoms with van der Waals surface area (Å²) < 4.78 is 0.924. The molecular weight excluding hydrogens is 400 g/mol. The maximum Gasteiger partial charge on any atom is 0.186 e. The second-order valence-electron chi connectivity index (χ2n) is 6.37. The SMILES string of the molecule is Cc1ccc(C(=O)C=C(CC(=O)c2ccc(Br)cc2)c2ccccc2)cc1. The summed E-state index contributed by atoms with van der Waals surface area (Å²) in [5.74, 6) is -0.119. The number of hydrogen-bond donors (Lipinski definition) is 0. The molecule has 0 radical (unpaired) electrons. The lowest BCUT2D eigenvalue weighted by Crippen LogP contribution is -2.03. The lowest BCUT2D eigenvalue weighted by Gasteiger charge is -2.08. The van der Waals surface area contributed by atoms with Crippen molar-refractivity contribution in [2.24, 2.45) is 0 Å². The molecule has 3 rings (SSSR count). The van der Waals surface area contributed by atoms with Gasteiger partial charge in [-0.15, -0.1) is 0 Å². The molecule has 0 saturated carbocycles. The van der Waals surface area contributed by atoms with Gasteiger partial charge in [0.05, 0.1) is 0 Å². The monoisotopic (exact) mass is 418 g/mol. The number of ketones is 2. The third-order valence-corrected chi connectivity index (χ3v) is 4.83. The first-order chi connectivity index (χ1) is 13.0. The Bertz CT molecular complexity index is 969. The van der Waals surface area contributed by atoms with Crippen LogP contribution in [-0.2, 0) is 0 Å². The molecule has 0 bridgehead atoms. The first-order valence-electron chi connectivity index (χ1n) is 8.69. The number of rotatable bonds is 6. The van der Waals surface area contributed by atoms with E-state index < -0.39 is 0 Å². The van der Waals surface area contributed by atoms with Crippen molar-refractivity contribution in [1.29, 1.82) is 0 Å². The highest BCUT2D eigenvalue weighted by atomic mass is 79.9. The van der Waals surface area contributed by atoms with Crippen molar-refractivity contribution in [3.05, 3.63) is 112 Å². The highest BCUT2D eigenvalue weighted by Crippen LogP contribution is 2.22. The van der Waals surface area contributed by atoms with Gasteiger partial charge in [0.25, 0.3) is 0 Å². The van der Waals surface area contributed by atoms with E-state index in [-0.39, 0.29) is 18.0 Å². The van der Waals surface area contributed by atoms with Crippen molar-refractivity contribution in [1.82, 2.24) is 0 Å². The van der Waals surface area contributed by atoms with Gasteiger partial charge in [-0.3, -0.25) is 9.59 Å². The molecule has 3 heteroatoms. The molecule has 0 atom stereocenters. The van der Waals surface area contributed by atoms with E-state index in [0.717, 1.165) is 15.6 Å². The average molecular weight is 419 g/mol. The Morgan fingerprint density at radius 2 is 1.37 bits per heavy atom. The van der Waals surface area contributed by atoms with Crippen LogP contribution >= 0.6 is 15.9 Å². The molecule has 0 fully saturated rings. The van der Waals surface area contributed by atoms with Crippen molar-refractivity contribution in [2.45, 2.75) is 13.3 Å². The van der Waals surface area contributed by atoms with Crippen molar-refractivity contribution < 1.29 is 9.59 Å². The highest BCUT2D eigenvalue weighted by molar-refractivity contribution is 9.10. The fourth-order valence-electron chi connectivity index (χ4n) is 2.76. The van der Waals surface area contributed by atoms with E-state index in [1.165, 1.54) is 0 Å². The third kappa shape index (κ3) is 5.11. The Hall–Kier alpha value is -2.78. The molecule has 3 aromatic carbocycles. The van der Waals surface area contributed by atoms with Gasteiger partial charge in [0, 0.05) is 22.0 Å². The average Bonchev–Trinajstić information content (AvgIpc) is 2.69. The van der Waals surface area contributed by atoms with Crippen LogP contribution in [-0.4, -0.2) is 11.6 Å². The molecule has 0 spiro atoms. The summed E-state index contributed by atoms with van der Waals surface area (Å²) in [4.78, 5) is 25.4. The number of carbonyl (C=O) groups excluding carboxylic acids is 2. The topological polar surface area (TPSA) is 34.1 Å². The van der Waals surface area contributed by atoms with Crippen molar-refractivity contribution in [2.75, 3.05) is 0 Å². The van der Waals surface area contributed by atoms with Crippen LogP contribution in [0.25, 0.3) is 5.57 Å². The molecule has 3 aromatic rings. The minimum Gasteiger partial charge on any atom is -0.294 e. The largest absolute Gasteiger partial charge is 0.294 e. The molecule has 2 nitrogen and oxygen atoms in total. The maximum absolute atomic E-state index is 12.7. The quantitative estimate of drug-likeness (QED) is 0.347. The molecule has 0 aliphatic carbocycles. The summed E-state index contributed by atoms with van der Waals surface area (Å²) in [6, 6.07) is 24.3. The van der Waals surface area contributed by atoms with E-state index in [9.17, 15) is 9.59 Å². The van der Waals surface area contributed by atoms with Gasteiger partial charge in [0.15, 0.2) is 11.6 Å². The minimum absolute atomic E-state index is 0.0192. The molecule has 27 heavy (non-hydrogen) atoms. The van der Waals surface area contributed by atoms with Crippen LogP contribution in [0.5, 0.6) is 0 Å². The van der Waals surface area contributed by atoms with Gasteiger partial charge < -0.3 is 0 Å². The van der Waals surface area contributed by atoms with Crippen LogP contribution in [0.3, 0.4) is 0 Å². The molecule has 0 saturated heterocycles. The van der Waals surface area contributed by atoms with E-state index >= 15 is 0 Å². The van der Waals surface area contributed by atoms with Crippen molar-refractivity contribution in [3.8, 4) is 0 Å². The van der Waals surface area contributed by atoms with Crippen LogP contribution in [0, 0.1) is 6.92 Å². The number of benzene rings is 3. The molecule has 0 N–H and O–H groups in total. The van der Waals surface area contributed by atoms with Crippen LogP contribution < -0.4 is 0 Å². The summed E-state index contributed by atoms with van der Waals surface area (Å²) in [6.45, 7) is 1.98. The summed E-state index contributed by atoms with van der Waals surface area (Å²) in [7, 11) is 0. The zero-order valence-electron chi connectivity index (χ0n) is 15.0. The van der Waals surface area contributed by atoms with E-state index in [1.54, 1.807) is 18.2 Å². The second kappa shape index (κ2) is 8.74. The molecule has 0 unspecified atom stereocenters. The van der Waals surface area contributed by atoms with Crippen LogP contribution in [0.1, 0.15) is 38.3 Å². The van der Waals surface area contributed by atoms with Crippen LogP contribution in [0.15, 0.2) is 89.4 Å². The number of allylic oxidation sites excluding steroid dienone is 2. The normalized spacial score (nSPS) is 11.3. The van der Waals surface area contributed by atoms with Gasteiger partial charge in [-0.2, -0.15) is 0 Å². The van der Waals surface area contributed by atoms with Gasteiger partial charge >= 0.3 is 0 Å². The molecule has 0 aliphatic rings. The number of carbonyl (C=O) groups is 2. The van der Waals surface area contributed by atoms with E-state index in [2.05, 4.69) is 15.9 Å². The molecule has 0 heterocycles. The predicted octanol–water partition coefficient (Wildman–Crippen LogP) is 6.30. The fourth-order valence-corrected chi connectivity index (χ4v) is 3.02. The van der Waals surface area contributed by atoms with Crippen molar-refractivity contribution in [3.63, 3.8) is 0 Å². The Labute approximate surface area is 167 Å². The summed E-state index contributed by atoms with van der Waals surface area (Å²) in [5.41, 5.74) is 3.94. The summed E-state index contributed by atoms with van der Waals surface area (Å²) in [6.07, 6.45) is 1.75. The fraction of sp³-hybridized carbons (Fsp3) is 0.0833. The Kier molecular flexibility index (Phi) is 6.15. The number of halogens is 1. The maximum atomic E-state index is 12.7. The number of Topliss-reactive ketones (excluding diaryl/α,β-unsaturated/α-hetero) is 1. The summed E-state index contributed by atoms with van der Waals surface area (Å²) >= 11 is 3.38. The Morgan fingerprint density at radius 3 is 2.00 bits per heavy atom. The number of aryl methyl sites for hydroxylation is 1. The van der Waals surface area contributed by atoms with Gasteiger partial charge in [-0.25, -0.2) is 0 Å². The van der Waals surface area contributed by atoms with Gasteiger partial charge in [0.1, 0.15) is 0 Å².